The van der Waals surface area contributed by atoms with Gasteiger partial charge >= 0.3 is 0 Å². The molecule has 154 valence electrons. The molecule has 2 aromatic heterocycles. The third kappa shape index (κ3) is 4.65. The fourth-order valence-corrected chi connectivity index (χ4v) is 3.79. The summed E-state index contributed by atoms with van der Waals surface area (Å²) < 4.78 is 27.8. The van der Waals surface area contributed by atoms with Gasteiger partial charge in [-0.3, -0.25) is 14.6 Å². The molecule has 0 radical (unpaired) electrons. The van der Waals surface area contributed by atoms with E-state index in [0.717, 1.165) is 17.4 Å². The summed E-state index contributed by atoms with van der Waals surface area (Å²) in [5, 5.41) is 5.23. The zero-order chi connectivity index (χ0) is 21.8. The van der Waals surface area contributed by atoms with E-state index in [2.05, 4.69) is 15.6 Å². The molecule has 4 aromatic rings. The molecular weight excluding hydrogens is 420 g/mol. The van der Waals surface area contributed by atoms with E-state index in [1.807, 2.05) is 0 Å². The number of hydrogen-bond acceptors (Lipinski definition) is 4. The van der Waals surface area contributed by atoms with Gasteiger partial charge in [-0.05, 0) is 48.5 Å². The molecule has 0 unspecified atom stereocenters. The number of carbonyl (C=O) groups is 2. The van der Waals surface area contributed by atoms with Crippen LogP contribution in [0.25, 0.3) is 10.4 Å². The highest BCUT2D eigenvalue weighted by atomic mass is 32.1. The molecule has 0 saturated heterocycles. The van der Waals surface area contributed by atoms with Gasteiger partial charge in [0.15, 0.2) is 0 Å². The van der Waals surface area contributed by atoms with Crippen molar-refractivity contribution in [1.82, 2.24) is 4.98 Å². The molecule has 0 atom stereocenters. The second-order valence-corrected chi connectivity index (χ2v) is 7.54. The van der Waals surface area contributed by atoms with Crippen molar-refractivity contribution in [1.29, 1.82) is 0 Å². The number of aromatic nitrogens is 1. The number of nitrogens with one attached hydrogen (secondary N) is 2. The topological polar surface area (TPSA) is 71.1 Å². The number of hydrogen-bond donors (Lipinski definition) is 2. The lowest BCUT2D eigenvalue weighted by atomic mass is 10.2. The molecule has 0 bridgehead atoms. The van der Waals surface area contributed by atoms with Crippen molar-refractivity contribution in [2.75, 3.05) is 10.6 Å². The molecule has 5 nitrogen and oxygen atoms in total. The maximum atomic E-state index is 14.0. The van der Waals surface area contributed by atoms with Crippen LogP contribution in [0.5, 0.6) is 0 Å². The predicted molar refractivity (Wildman–Crippen MR) is 116 cm³/mol. The number of rotatable bonds is 5. The molecule has 2 aromatic carbocycles. The van der Waals surface area contributed by atoms with Crippen molar-refractivity contribution in [2.24, 2.45) is 0 Å². The molecule has 0 saturated carbocycles. The van der Waals surface area contributed by atoms with Crippen LogP contribution in [-0.2, 0) is 0 Å². The second kappa shape index (κ2) is 8.85. The van der Waals surface area contributed by atoms with Crippen molar-refractivity contribution >= 4 is 34.5 Å². The molecule has 0 aliphatic rings. The Bertz CT molecular complexity index is 1260. The number of thiophene rings is 1. The highest BCUT2D eigenvalue weighted by Crippen LogP contribution is 2.31. The summed E-state index contributed by atoms with van der Waals surface area (Å²) in [6, 6.07) is 18.0. The van der Waals surface area contributed by atoms with Crippen LogP contribution in [0, 0.1) is 11.6 Å². The number of carbonyl (C=O) groups excluding carboxylic acids is 2. The Morgan fingerprint density at radius 2 is 1.58 bits per heavy atom. The third-order valence-corrected chi connectivity index (χ3v) is 5.46. The minimum absolute atomic E-state index is 0.0927. The van der Waals surface area contributed by atoms with E-state index in [-0.39, 0.29) is 22.9 Å². The molecule has 0 aliphatic heterocycles. The first-order valence-corrected chi connectivity index (χ1v) is 10.0. The van der Waals surface area contributed by atoms with E-state index in [9.17, 15) is 18.4 Å². The number of halogens is 2. The van der Waals surface area contributed by atoms with Gasteiger partial charge in [0.25, 0.3) is 11.8 Å². The zero-order valence-corrected chi connectivity index (χ0v) is 16.7. The molecule has 31 heavy (non-hydrogen) atoms. The van der Waals surface area contributed by atoms with Crippen LogP contribution >= 0.6 is 11.3 Å². The smallest absolute Gasteiger partial charge is 0.274 e. The summed E-state index contributed by atoms with van der Waals surface area (Å²) >= 11 is 1.11. The van der Waals surface area contributed by atoms with Crippen molar-refractivity contribution in [3.8, 4) is 10.4 Å². The Morgan fingerprint density at radius 1 is 0.806 bits per heavy atom. The maximum Gasteiger partial charge on any atom is 0.274 e. The van der Waals surface area contributed by atoms with Crippen LogP contribution in [0.4, 0.5) is 20.2 Å². The summed E-state index contributed by atoms with van der Waals surface area (Å²) in [7, 11) is 0. The van der Waals surface area contributed by atoms with Gasteiger partial charge in [-0.15, -0.1) is 11.3 Å². The SMILES string of the molecule is O=C(Nc1ccc(F)cc1NC(=O)c1ccc(-c2ccccc2F)s1)c1ccccn1. The van der Waals surface area contributed by atoms with Crippen LogP contribution in [-0.4, -0.2) is 16.8 Å². The van der Waals surface area contributed by atoms with E-state index in [1.54, 1.807) is 42.5 Å². The van der Waals surface area contributed by atoms with Gasteiger partial charge in [0.2, 0.25) is 0 Å². The van der Waals surface area contributed by atoms with Gasteiger partial charge in [-0.1, -0.05) is 24.3 Å². The first kappa shape index (κ1) is 20.4. The van der Waals surface area contributed by atoms with Crippen LogP contribution < -0.4 is 10.6 Å². The Balaban J connectivity index is 1.55. The monoisotopic (exact) mass is 435 g/mol. The number of pyridine rings is 1. The lowest BCUT2D eigenvalue weighted by molar-refractivity contribution is 0.101. The standard InChI is InChI=1S/C23H15F2N3O2S/c24-14-8-9-17(27-22(29)18-7-3-4-12-26-18)19(13-14)28-23(30)21-11-10-20(31-21)15-5-1-2-6-16(15)25/h1-13H,(H,27,29)(H,28,30). The molecule has 2 amide bonds. The van der Waals surface area contributed by atoms with Gasteiger partial charge < -0.3 is 10.6 Å². The molecular formula is C23H15F2N3O2S. The Hall–Kier alpha value is -3.91. The van der Waals surface area contributed by atoms with Crippen molar-refractivity contribution in [3.05, 3.63) is 101 Å². The Labute approximate surface area is 180 Å². The van der Waals surface area contributed by atoms with Crippen molar-refractivity contribution < 1.29 is 18.4 Å². The van der Waals surface area contributed by atoms with Gasteiger partial charge in [0.05, 0.1) is 16.3 Å². The summed E-state index contributed by atoms with van der Waals surface area (Å²) in [4.78, 5) is 30.0. The fraction of sp³-hybridized carbons (Fsp3) is 0. The van der Waals surface area contributed by atoms with Gasteiger partial charge in [0.1, 0.15) is 17.3 Å². The number of amides is 2. The average Bonchev–Trinajstić information content (AvgIpc) is 3.27. The molecule has 0 fully saturated rings. The molecule has 0 aliphatic carbocycles. The minimum atomic E-state index is -0.579. The fourth-order valence-electron chi connectivity index (χ4n) is 2.86. The van der Waals surface area contributed by atoms with Crippen molar-refractivity contribution in [2.45, 2.75) is 0 Å². The van der Waals surface area contributed by atoms with Gasteiger partial charge in [0, 0.05) is 16.6 Å². The lowest BCUT2D eigenvalue weighted by Crippen LogP contribution is -2.17. The van der Waals surface area contributed by atoms with Crippen LogP contribution in [0.2, 0.25) is 0 Å². The lowest BCUT2D eigenvalue weighted by Gasteiger charge is -2.12. The quantitative estimate of drug-likeness (QED) is 0.429. The highest BCUT2D eigenvalue weighted by Gasteiger charge is 2.16. The van der Waals surface area contributed by atoms with E-state index in [1.165, 1.54) is 30.5 Å². The summed E-state index contributed by atoms with van der Waals surface area (Å²) in [6.07, 6.45) is 1.48. The summed E-state index contributed by atoms with van der Waals surface area (Å²) in [5.74, 6) is -1.97. The largest absolute Gasteiger partial charge is 0.319 e. The van der Waals surface area contributed by atoms with Crippen LogP contribution in [0.3, 0.4) is 0 Å². The van der Waals surface area contributed by atoms with Gasteiger partial charge in [-0.2, -0.15) is 0 Å². The molecule has 0 spiro atoms. The predicted octanol–water partition coefficient (Wildman–Crippen LogP) is 5.59. The molecule has 2 heterocycles. The first-order chi connectivity index (χ1) is 15.0. The second-order valence-electron chi connectivity index (χ2n) is 6.46. The van der Waals surface area contributed by atoms with E-state index in [4.69, 9.17) is 0 Å². The van der Waals surface area contributed by atoms with Crippen molar-refractivity contribution in [3.63, 3.8) is 0 Å². The van der Waals surface area contributed by atoms with E-state index < -0.39 is 17.6 Å². The maximum absolute atomic E-state index is 14.0. The number of benzene rings is 2. The minimum Gasteiger partial charge on any atom is -0.319 e. The summed E-state index contributed by atoms with van der Waals surface area (Å²) in [5.41, 5.74) is 0.879. The Morgan fingerprint density at radius 3 is 2.35 bits per heavy atom. The first-order valence-electron chi connectivity index (χ1n) is 9.19. The van der Waals surface area contributed by atoms with Crippen LogP contribution in [0.15, 0.2) is 79.0 Å². The highest BCUT2D eigenvalue weighted by molar-refractivity contribution is 7.17. The molecule has 8 heteroatoms. The molecule has 2 N–H and O–H groups in total. The summed E-state index contributed by atoms with van der Waals surface area (Å²) in [6.45, 7) is 0. The van der Waals surface area contributed by atoms with E-state index >= 15 is 0 Å². The zero-order valence-electron chi connectivity index (χ0n) is 15.9. The normalized spacial score (nSPS) is 10.5. The van der Waals surface area contributed by atoms with Crippen LogP contribution in [0.1, 0.15) is 20.2 Å². The molecule has 4 rings (SSSR count). The number of anilines is 2. The van der Waals surface area contributed by atoms with E-state index in [0.29, 0.717) is 15.3 Å². The van der Waals surface area contributed by atoms with Gasteiger partial charge in [-0.25, -0.2) is 8.78 Å². The Kier molecular flexibility index (Phi) is 5.81. The third-order valence-electron chi connectivity index (χ3n) is 4.34. The number of nitrogens with zero attached hydrogens (tertiary/aromatic N) is 1. The average molecular weight is 435 g/mol.